The Kier molecular flexibility index (Phi) is 3.03. The third-order valence-electron chi connectivity index (χ3n) is 2.27. The fraction of sp³-hybridized carbons (Fsp3) is 0.750. The summed E-state index contributed by atoms with van der Waals surface area (Å²) < 4.78 is 26.0. The van der Waals surface area contributed by atoms with E-state index >= 15 is 0 Å². The zero-order valence-corrected chi connectivity index (χ0v) is 7.56. The average Bonchev–Trinajstić information content (AvgIpc) is 2.41. The maximum Gasteiger partial charge on any atom is 0.259 e. The van der Waals surface area contributed by atoms with Crippen LogP contribution in [0.1, 0.15) is 19.3 Å². The standard InChI is InChI=1S/C8H12F2N2O2/c9-8(10)3-1-2-5(8)7(14)12-4-6(11)13/h5H,1-4H2,(H2,11,13)(H,12,14). The lowest BCUT2D eigenvalue weighted by atomic mass is 10.0. The lowest BCUT2D eigenvalue weighted by Gasteiger charge is -2.17. The van der Waals surface area contributed by atoms with Crippen LogP contribution in [0.15, 0.2) is 0 Å². The van der Waals surface area contributed by atoms with Gasteiger partial charge in [0.15, 0.2) is 0 Å². The summed E-state index contributed by atoms with van der Waals surface area (Å²) in [6, 6.07) is 0. The van der Waals surface area contributed by atoms with E-state index in [1.807, 2.05) is 0 Å². The second-order valence-corrected chi connectivity index (χ2v) is 3.39. The van der Waals surface area contributed by atoms with E-state index in [4.69, 9.17) is 5.73 Å². The molecule has 0 aliphatic heterocycles. The van der Waals surface area contributed by atoms with Crippen molar-refractivity contribution in [3.63, 3.8) is 0 Å². The SMILES string of the molecule is NC(=O)CNC(=O)C1CCCC1(F)F. The largest absolute Gasteiger partial charge is 0.368 e. The topological polar surface area (TPSA) is 72.2 Å². The number of amides is 2. The van der Waals surface area contributed by atoms with Crippen LogP contribution in [0.2, 0.25) is 0 Å². The lowest BCUT2D eigenvalue weighted by Crippen LogP contribution is -2.41. The number of nitrogens with two attached hydrogens (primary N) is 1. The maximum atomic E-state index is 13.0. The van der Waals surface area contributed by atoms with Gasteiger partial charge in [0, 0.05) is 6.42 Å². The van der Waals surface area contributed by atoms with Crippen LogP contribution in [0.25, 0.3) is 0 Å². The summed E-state index contributed by atoms with van der Waals surface area (Å²) in [5.41, 5.74) is 4.77. The monoisotopic (exact) mass is 206 g/mol. The van der Waals surface area contributed by atoms with Gasteiger partial charge >= 0.3 is 0 Å². The molecule has 1 aliphatic carbocycles. The summed E-state index contributed by atoms with van der Waals surface area (Å²) in [6.07, 6.45) is 0.237. The van der Waals surface area contributed by atoms with Crippen LogP contribution in [0.3, 0.4) is 0 Å². The van der Waals surface area contributed by atoms with Gasteiger partial charge < -0.3 is 11.1 Å². The highest BCUT2D eigenvalue weighted by molar-refractivity contribution is 5.85. The van der Waals surface area contributed by atoms with Crippen LogP contribution in [-0.4, -0.2) is 24.3 Å². The second-order valence-electron chi connectivity index (χ2n) is 3.39. The molecule has 1 saturated carbocycles. The fourth-order valence-electron chi connectivity index (χ4n) is 1.55. The molecule has 1 unspecified atom stereocenters. The fourth-order valence-corrected chi connectivity index (χ4v) is 1.55. The van der Waals surface area contributed by atoms with Gasteiger partial charge in [-0.05, 0) is 12.8 Å². The maximum absolute atomic E-state index is 13.0. The molecule has 1 aliphatic rings. The highest BCUT2D eigenvalue weighted by atomic mass is 19.3. The number of carbonyl (C=O) groups excluding carboxylic acids is 2. The molecule has 1 atom stereocenters. The number of primary amides is 1. The van der Waals surface area contributed by atoms with E-state index in [1.165, 1.54) is 0 Å². The van der Waals surface area contributed by atoms with Crippen LogP contribution in [-0.2, 0) is 9.59 Å². The van der Waals surface area contributed by atoms with Gasteiger partial charge in [-0.15, -0.1) is 0 Å². The Labute approximate surface area is 79.8 Å². The summed E-state index contributed by atoms with van der Waals surface area (Å²) in [4.78, 5) is 21.5. The number of halogens is 2. The summed E-state index contributed by atoms with van der Waals surface area (Å²) in [7, 11) is 0. The molecule has 0 heterocycles. The highest BCUT2D eigenvalue weighted by Crippen LogP contribution is 2.40. The van der Waals surface area contributed by atoms with E-state index < -0.39 is 23.7 Å². The molecule has 0 spiro atoms. The molecule has 1 rings (SSSR count). The minimum atomic E-state index is -2.94. The van der Waals surface area contributed by atoms with Gasteiger partial charge in [-0.2, -0.15) is 0 Å². The number of carbonyl (C=O) groups is 2. The number of hydrogen-bond acceptors (Lipinski definition) is 2. The van der Waals surface area contributed by atoms with Gasteiger partial charge in [0.25, 0.3) is 5.92 Å². The molecule has 1 fully saturated rings. The van der Waals surface area contributed by atoms with Gasteiger partial charge in [-0.25, -0.2) is 8.78 Å². The van der Waals surface area contributed by atoms with Crippen molar-refractivity contribution in [2.75, 3.05) is 6.54 Å². The van der Waals surface area contributed by atoms with E-state index in [2.05, 4.69) is 5.32 Å². The zero-order chi connectivity index (χ0) is 10.8. The van der Waals surface area contributed by atoms with Crippen LogP contribution in [0.5, 0.6) is 0 Å². The number of rotatable bonds is 3. The predicted octanol–water partition coefficient (Wildman–Crippen LogP) is 0.0233. The predicted molar refractivity (Wildman–Crippen MR) is 44.5 cm³/mol. The van der Waals surface area contributed by atoms with Gasteiger partial charge in [-0.1, -0.05) is 0 Å². The lowest BCUT2D eigenvalue weighted by molar-refractivity contribution is -0.137. The molecule has 14 heavy (non-hydrogen) atoms. The third kappa shape index (κ3) is 2.40. The van der Waals surface area contributed by atoms with Crippen molar-refractivity contribution in [1.29, 1.82) is 0 Å². The minimum absolute atomic E-state index is 0.164. The zero-order valence-electron chi connectivity index (χ0n) is 7.56. The number of nitrogens with one attached hydrogen (secondary N) is 1. The molecule has 0 aromatic carbocycles. The van der Waals surface area contributed by atoms with Crippen molar-refractivity contribution in [3.8, 4) is 0 Å². The Morgan fingerprint density at radius 3 is 2.57 bits per heavy atom. The number of alkyl halides is 2. The van der Waals surface area contributed by atoms with Crippen molar-refractivity contribution < 1.29 is 18.4 Å². The first-order valence-electron chi connectivity index (χ1n) is 4.37. The van der Waals surface area contributed by atoms with E-state index in [9.17, 15) is 18.4 Å². The summed E-state index contributed by atoms with van der Waals surface area (Å²) in [6.45, 7) is -0.384. The summed E-state index contributed by atoms with van der Waals surface area (Å²) in [5, 5.41) is 2.09. The molecular weight excluding hydrogens is 194 g/mol. The van der Waals surface area contributed by atoms with E-state index in [0.29, 0.717) is 6.42 Å². The van der Waals surface area contributed by atoms with Gasteiger partial charge in [-0.3, -0.25) is 9.59 Å². The van der Waals surface area contributed by atoms with Crippen molar-refractivity contribution >= 4 is 11.8 Å². The van der Waals surface area contributed by atoms with E-state index in [-0.39, 0.29) is 19.4 Å². The van der Waals surface area contributed by atoms with Gasteiger partial charge in [0.2, 0.25) is 11.8 Å². The van der Waals surface area contributed by atoms with E-state index in [0.717, 1.165) is 0 Å². The van der Waals surface area contributed by atoms with Crippen molar-refractivity contribution in [2.45, 2.75) is 25.2 Å². The molecule has 6 heteroatoms. The Balaban J connectivity index is 2.48. The quantitative estimate of drug-likeness (QED) is 0.683. The molecule has 0 radical (unpaired) electrons. The third-order valence-corrected chi connectivity index (χ3v) is 2.27. The Bertz CT molecular complexity index is 256. The normalized spacial score (nSPS) is 24.6. The van der Waals surface area contributed by atoms with Crippen LogP contribution < -0.4 is 11.1 Å². The molecule has 3 N–H and O–H groups in total. The first kappa shape index (κ1) is 10.9. The molecule has 0 bridgehead atoms. The van der Waals surface area contributed by atoms with Gasteiger partial charge in [0.05, 0.1) is 6.54 Å². The molecule has 4 nitrogen and oxygen atoms in total. The number of hydrogen-bond donors (Lipinski definition) is 2. The average molecular weight is 206 g/mol. The van der Waals surface area contributed by atoms with Crippen LogP contribution in [0, 0.1) is 5.92 Å². The Morgan fingerprint density at radius 2 is 2.14 bits per heavy atom. The smallest absolute Gasteiger partial charge is 0.259 e. The molecule has 2 amide bonds. The molecule has 0 aromatic heterocycles. The highest BCUT2D eigenvalue weighted by Gasteiger charge is 2.47. The molecular formula is C8H12F2N2O2. The Morgan fingerprint density at radius 1 is 1.50 bits per heavy atom. The Hall–Kier alpha value is -1.20. The van der Waals surface area contributed by atoms with Crippen LogP contribution >= 0.6 is 0 Å². The first-order valence-corrected chi connectivity index (χ1v) is 4.37. The molecule has 0 saturated heterocycles. The van der Waals surface area contributed by atoms with Crippen molar-refractivity contribution in [2.24, 2.45) is 11.7 Å². The summed E-state index contributed by atoms with van der Waals surface area (Å²) >= 11 is 0. The first-order chi connectivity index (χ1) is 6.43. The molecule has 0 aromatic rings. The molecule has 80 valence electrons. The summed E-state index contributed by atoms with van der Waals surface area (Å²) in [5.74, 6) is -5.77. The van der Waals surface area contributed by atoms with Gasteiger partial charge in [0.1, 0.15) is 5.92 Å². The van der Waals surface area contributed by atoms with Crippen molar-refractivity contribution in [3.05, 3.63) is 0 Å². The van der Waals surface area contributed by atoms with Crippen molar-refractivity contribution in [1.82, 2.24) is 5.32 Å². The second kappa shape index (κ2) is 3.89. The van der Waals surface area contributed by atoms with Crippen LogP contribution in [0.4, 0.5) is 8.78 Å². The minimum Gasteiger partial charge on any atom is -0.368 e. The van der Waals surface area contributed by atoms with E-state index in [1.54, 1.807) is 0 Å².